The van der Waals surface area contributed by atoms with Crippen LogP contribution >= 0.6 is 0 Å². The van der Waals surface area contributed by atoms with Crippen LogP contribution in [0.3, 0.4) is 0 Å². The van der Waals surface area contributed by atoms with Gasteiger partial charge in [-0.1, -0.05) is 35.4 Å². The summed E-state index contributed by atoms with van der Waals surface area (Å²) in [5.74, 6) is -0.531. The number of hydrogen-bond donors (Lipinski definition) is 1. The summed E-state index contributed by atoms with van der Waals surface area (Å²) in [7, 11) is 0. The van der Waals surface area contributed by atoms with Crippen molar-refractivity contribution in [1.82, 2.24) is 15.1 Å². The van der Waals surface area contributed by atoms with Gasteiger partial charge < -0.3 is 10.2 Å². The Labute approximate surface area is 165 Å². The lowest BCUT2D eigenvalue weighted by atomic mass is 10.1. The van der Waals surface area contributed by atoms with E-state index < -0.39 is 0 Å². The zero-order chi connectivity index (χ0) is 20.1. The second-order valence-corrected chi connectivity index (χ2v) is 7.31. The van der Waals surface area contributed by atoms with Crippen molar-refractivity contribution in [1.29, 1.82) is 0 Å². The van der Waals surface area contributed by atoms with Crippen LogP contribution in [-0.4, -0.2) is 54.3 Å². The van der Waals surface area contributed by atoms with Crippen LogP contribution in [0.5, 0.6) is 0 Å². The molecule has 5 nitrogen and oxygen atoms in total. The number of hydrogen-bond acceptors (Lipinski definition) is 3. The summed E-state index contributed by atoms with van der Waals surface area (Å²) in [6, 6.07) is 12.4. The van der Waals surface area contributed by atoms with Crippen LogP contribution in [0.15, 0.2) is 42.5 Å². The minimum absolute atomic E-state index is 0.0147. The van der Waals surface area contributed by atoms with Gasteiger partial charge in [-0.05, 0) is 32.0 Å². The van der Waals surface area contributed by atoms with Gasteiger partial charge in [-0.2, -0.15) is 0 Å². The number of amides is 2. The van der Waals surface area contributed by atoms with Crippen molar-refractivity contribution >= 4 is 11.8 Å². The van der Waals surface area contributed by atoms with Gasteiger partial charge in [0.1, 0.15) is 5.82 Å². The smallest absolute Gasteiger partial charge is 0.251 e. The van der Waals surface area contributed by atoms with E-state index in [1.807, 2.05) is 38.1 Å². The highest BCUT2D eigenvalue weighted by Gasteiger charge is 2.22. The number of rotatable bonds is 5. The Morgan fingerprint density at radius 2 is 1.64 bits per heavy atom. The molecule has 2 amide bonds. The Morgan fingerprint density at radius 3 is 2.29 bits per heavy atom. The Kier molecular flexibility index (Phi) is 6.41. The largest absolute Gasteiger partial charge is 0.343 e. The summed E-state index contributed by atoms with van der Waals surface area (Å²) in [5.41, 5.74) is 3.27. The second kappa shape index (κ2) is 8.97. The lowest BCUT2D eigenvalue weighted by Crippen LogP contribution is -2.50. The quantitative estimate of drug-likeness (QED) is 0.863. The Bertz CT molecular complexity index is 840. The van der Waals surface area contributed by atoms with E-state index in [1.54, 1.807) is 17.0 Å². The van der Waals surface area contributed by atoms with Crippen LogP contribution in [0.25, 0.3) is 0 Å². The molecule has 0 saturated carbocycles. The van der Waals surface area contributed by atoms with Crippen molar-refractivity contribution in [2.75, 3.05) is 32.7 Å². The molecule has 28 heavy (non-hydrogen) atoms. The summed E-state index contributed by atoms with van der Waals surface area (Å²) in [5, 5.41) is 2.72. The second-order valence-electron chi connectivity index (χ2n) is 7.31. The summed E-state index contributed by atoms with van der Waals surface area (Å²) >= 11 is 0. The molecule has 2 aromatic carbocycles. The number of carbonyl (C=O) groups excluding carboxylic acids is 2. The maximum Gasteiger partial charge on any atom is 0.251 e. The average molecular weight is 383 g/mol. The zero-order valence-electron chi connectivity index (χ0n) is 16.4. The number of halogens is 1. The van der Waals surface area contributed by atoms with Gasteiger partial charge in [0.2, 0.25) is 5.91 Å². The third kappa shape index (κ3) is 5.16. The molecule has 0 atom stereocenters. The van der Waals surface area contributed by atoms with E-state index in [2.05, 4.69) is 10.2 Å². The van der Waals surface area contributed by atoms with Gasteiger partial charge in [-0.25, -0.2) is 4.39 Å². The van der Waals surface area contributed by atoms with Crippen LogP contribution in [0.2, 0.25) is 0 Å². The van der Waals surface area contributed by atoms with E-state index in [1.165, 1.54) is 6.07 Å². The van der Waals surface area contributed by atoms with Crippen molar-refractivity contribution in [3.05, 3.63) is 70.5 Å². The molecule has 0 bridgehead atoms. The Morgan fingerprint density at radius 1 is 1.00 bits per heavy atom. The highest BCUT2D eigenvalue weighted by atomic mass is 19.1. The fourth-order valence-electron chi connectivity index (χ4n) is 3.50. The summed E-state index contributed by atoms with van der Waals surface area (Å²) in [6.45, 7) is 6.93. The Balaban J connectivity index is 1.46. The van der Waals surface area contributed by atoms with Crippen molar-refractivity contribution in [2.45, 2.75) is 20.4 Å². The van der Waals surface area contributed by atoms with Crippen molar-refractivity contribution in [3.8, 4) is 0 Å². The maximum absolute atomic E-state index is 13.8. The normalized spacial score (nSPS) is 14.8. The fourth-order valence-corrected chi connectivity index (χ4v) is 3.50. The number of benzene rings is 2. The average Bonchev–Trinajstić information content (AvgIpc) is 2.67. The standard InChI is InChI=1S/C22H26FN3O2/c1-16-11-17(2)13-19(12-16)22(28)24-14-21(27)26-9-7-25(8-10-26)15-18-5-3-4-6-20(18)23/h3-6,11-13H,7-10,14-15H2,1-2H3,(H,24,28). The summed E-state index contributed by atoms with van der Waals surface area (Å²) in [4.78, 5) is 28.6. The lowest BCUT2D eigenvalue weighted by Gasteiger charge is -2.34. The zero-order valence-corrected chi connectivity index (χ0v) is 16.4. The van der Waals surface area contributed by atoms with Crippen molar-refractivity contribution < 1.29 is 14.0 Å². The number of nitrogens with zero attached hydrogens (tertiary/aromatic N) is 2. The number of aryl methyl sites for hydroxylation is 2. The highest BCUT2D eigenvalue weighted by Crippen LogP contribution is 2.12. The molecule has 1 saturated heterocycles. The van der Waals surface area contributed by atoms with Crippen LogP contribution in [-0.2, 0) is 11.3 Å². The predicted octanol–water partition coefficient (Wildman–Crippen LogP) is 2.52. The summed E-state index contributed by atoms with van der Waals surface area (Å²) < 4.78 is 13.8. The molecule has 148 valence electrons. The number of nitrogens with one attached hydrogen (secondary N) is 1. The van der Waals surface area contributed by atoms with Crippen molar-refractivity contribution in [3.63, 3.8) is 0 Å². The molecule has 1 aliphatic heterocycles. The van der Waals surface area contributed by atoms with Gasteiger partial charge in [0, 0.05) is 43.9 Å². The lowest BCUT2D eigenvalue weighted by molar-refractivity contribution is -0.131. The first-order valence-corrected chi connectivity index (χ1v) is 9.52. The maximum atomic E-state index is 13.8. The van der Waals surface area contributed by atoms with Gasteiger partial charge in [0.15, 0.2) is 0 Å². The minimum Gasteiger partial charge on any atom is -0.343 e. The molecule has 1 N–H and O–H groups in total. The fraction of sp³-hybridized carbons (Fsp3) is 0.364. The molecule has 1 fully saturated rings. The van der Waals surface area contributed by atoms with Crippen LogP contribution in [0.4, 0.5) is 4.39 Å². The third-order valence-electron chi connectivity index (χ3n) is 4.96. The first-order chi connectivity index (χ1) is 13.4. The molecule has 0 unspecified atom stereocenters. The molecular formula is C22H26FN3O2. The molecule has 1 heterocycles. The van der Waals surface area contributed by atoms with Gasteiger partial charge in [-0.3, -0.25) is 14.5 Å². The van der Waals surface area contributed by atoms with Gasteiger partial charge in [0.25, 0.3) is 5.91 Å². The molecule has 2 aromatic rings. The number of piperazine rings is 1. The SMILES string of the molecule is Cc1cc(C)cc(C(=O)NCC(=O)N2CCN(Cc3ccccc3F)CC2)c1. The molecule has 1 aliphatic rings. The minimum atomic E-state index is -0.238. The van der Waals surface area contributed by atoms with Crippen molar-refractivity contribution in [2.24, 2.45) is 0 Å². The molecule has 0 aromatic heterocycles. The Hall–Kier alpha value is -2.73. The van der Waals surface area contributed by atoms with E-state index in [-0.39, 0.29) is 24.2 Å². The predicted molar refractivity (Wildman–Crippen MR) is 107 cm³/mol. The molecule has 0 spiro atoms. The molecular weight excluding hydrogens is 357 g/mol. The topological polar surface area (TPSA) is 52.7 Å². The van der Waals surface area contributed by atoms with E-state index in [4.69, 9.17) is 0 Å². The molecule has 3 rings (SSSR count). The van der Waals surface area contributed by atoms with E-state index in [9.17, 15) is 14.0 Å². The van der Waals surface area contributed by atoms with Gasteiger partial charge in [-0.15, -0.1) is 0 Å². The van der Waals surface area contributed by atoms with Crippen LogP contribution in [0.1, 0.15) is 27.0 Å². The first-order valence-electron chi connectivity index (χ1n) is 9.52. The van der Waals surface area contributed by atoms with E-state index >= 15 is 0 Å². The summed E-state index contributed by atoms with van der Waals surface area (Å²) in [6.07, 6.45) is 0. The van der Waals surface area contributed by atoms with Gasteiger partial charge >= 0.3 is 0 Å². The van der Waals surface area contributed by atoms with Crippen LogP contribution < -0.4 is 5.32 Å². The van der Waals surface area contributed by atoms with E-state index in [0.29, 0.717) is 43.9 Å². The number of carbonyl (C=O) groups is 2. The first kappa shape index (κ1) is 20.0. The third-order valence-corrected chi connectivity index (χ3v) is 4.96. The van der Waals surface area contributed by atoms with Crippen LogP contribution in [0, 0.1) is 19.7 Å². The molecule has 0 aliphatic carbocycles. The van der Waals surface area contributed by atoms with E-state index in [0.717, 1.165) is 11.1 Å². The van der Waals surface area contributed by atoms with Gasteiger partial charge in [0.05, 0.1) is 6.54 Å². The highest BCUT2D eigenvalue weighted by molar-refractivity contribution is 5.96. The monoisotopic (exact) mass is 383 g/mol. The molecule has 6 heteroatoms. The molecule has 0 radical (unpaired) electrons.